The zero-order valence-corrected chi connectivity index (χ0v) is 19.3. The van der Waals surface area contributed by atoms with E-state index in [1.165, 1.54) is 0 Å². The number of methoxy groups -OCH3 is 4. The third-order valence-electron chi connectivity index (χ3n) is 5.95. The molecule has 9 heteroatoms. The summed E-state index contributed by atoms with van der Waals surface area (Å²) in [7, 11) is 6.34. The molecule has 0 radical (unpaired) electrons. The van der Waals surface area contributed by atoms with Gasteiger partial charge in [-0.2, -0.15) is 4.98 Å². The Morgan fingerprint density at radius 3 is 2.24 bits per heavy atom. The number of nitrogens with zero attached hydrogens (tertiary/aromatic N) is 3. The van der Waals surface area contributed by atoms with Gasteiger partial charge in [0.2, 0.25) is 17.6 Å². The van der Waals surface area contributed by atoms with Crippen molar-refractivity contribution in [3.05, 3.63) is 47.9 Å². The van der Waals surface area contributed by atoms with Crippen molar-refractivity contribution in [3.63, 3.8) is 0 Å². The van der Waals surface area contributed by atoms with Gasteiger partial charge >= 0.3 is 0 Å². The van der Waals surface area contributed by atoms with Gasteiger partial charge in [0.05, 0.1) is 40.4 Å². The molecule has 1 aliphatic rings. The number of carbonyl (C=O) groups excluding carboxylic acids is 1. The molecule has 1 aliphatic heterocycles. The van der Waals surface area contributed by atoms with E-state index in [9.17, 15) is 4.79 Å². The quantitative estimate of drug-likeness (QED) is 0.508. The minimum Gasteiger partial charge on any atom is -0.493 e. The van der Waals surface area contributed by atoms with E-state index in [1.54, 1.807) is 40.6 Å². The third-order valence-corrected chi connectivity index (χ3v) is 5.95. The molecule has 174 valence electrons. The van der Waals surface area contributed by atoms with E-state index < -0.39 is 0 Å². The second-order valence-corrected chi connectivity index (χ2v) is 7.76. The van der Waals surface area contributed by atoms with Crippen LogP contribution in [0, 0.1) is 0 Å². The summed E-state index contributed by atoms with van der Waals surface area (Å²) in [5.74, 6) is 3.20. The fourth-order valence-corrected chi connectivity index (χ4v) is 4.06. The Kier molecular flexibility index (Phi) is 6.39. The monoisotopic (exact) mass is 453 g/mol. The van der Waals surface area contributed by atoms with E-state index in [0.717, 1.165) is 11.1 Å². The standard InChI is InChI=1S/C24H27N3O6/c1-14(15-6-8-18(29-2)20(10-15)31-4)27-13-17(12-22(27)28)24-25-23(26-33-24)16-7-9-19(30-3)21(11-16)32-5/h6-11,14,17H,12-13H2,1-5H3. The Bertz CT molecular complexity index is 1140. The number of likely N-dealkylation sites (tertiary alicyclic amines) is 1. The molecule has 0 bridgehead atoms. The highest BCUT2D eigenvalue weighted by Gasteiger charge is 2.37. The molecular formula is C24H27N3O6. The summed E-state index contributed by atoms with van der Waals surface area (Å²) >= 11 is 0. The summed E-state index contributed by atoms with van der Waals surface area (Å²) in [4.78, 5) is 19.2. The first-order valence-corrected chi connectivity index (χ1v) is 10.6. The number of amides is 1. The van der Waals surface area contributed by atoms with Gasteiger partial charge in [0.15, 0.2) is 23.0 Å². The van der Waals surface area contributed by atoms with Gasteiger partial charge in [-0.25, -0.2) is 0 Å². The maximum absolute atomic E-state index is 12.8. The molecule has 9 nitrogen and oxygen atoms in total. The number of carbonyl (C=O) groups is 1. The van der Waals surface area contributed by atoms with Crippen LogP contribution in [0.1, 0.15) is 36.8 Å². The smallest absolute Gasteiger partial charge is 0.232 e. The van der Waals surface area contributed by atoms with Crippen LogP contribution in [0.15, 0.2) is 40.9 Å². The number of benzene rings is 2. The molecule has 0 aliphatic carbocycles. The van der Waals surface area contributed by atoms with Crippen molar-refractivity contribution >= 4 is 5.91 Å². The van der Waals surface area contributed by atoms with Crippen LogP contribution < -0.4 is 18.9 Å². The molecule has 1 amide bonds. The fraction of sp³-hybridized carbons (Fsp3) is 0.375. The second-order valence-electron chi connectivity index (χ2n) is 7.76. The average Bonchev–Trinajstić information content (AvgIpc) is 3.49. The molecular weight excluding hydrogens is 426 g/mol. The van der Waals surface area contributed by atoms with Gasteiger partial charge in [-0.05, 0) is 42.8 Å². The topological polar surface area (TPSA) is 96.2 Å². The highest BCUT2D eigenvalue weighted by atomic mass is 16.5. The Balaban J connectivity index is 1.52. The SMILES string of the molecule is COc1ccc(-c2noc(C3CC(=O)N(C(C)c4ccc(OC)c(OC)c4)C3)n2)cc1OC. The molecule has 1 saturated heterocycles. The molecule has 2 atom stereocenters. The summed E-state index contributed by atoms with van der Waals surface area (Å²) in [5, 5.41) is 4.11. The Morgan fingerprint density at radius 1 is 0.939 bits per heavy atom. The molecule has 1 aromatic heterocycles. The van der Waals surface area contributed by atoms with Crippen molar-refractivity contribution < 1.29 is 28.3 Å². The summed E-state index contributed by atoms with van der Waals surface area (Å²) in [6.07, 6.45) is 0.311. The van der Waals surface area contributed by atoms with E-state index >= 15 is 0 Å². The Labute approximate surface area is 192 Å². The van der Waals surface area contributed by atoms with Gasteiger partial charge in [-0.15, -0.1) is 0 Å². The zero-order valence-electron chi connectivity index (χ0n) is 19.3. The maximum Gasteiger partial charge on any atom is 0.232 e. The number of hydrogen-bond donors (Lipinski definition) is 0. The van der Waals surface area contributed by atoms with E-state index in [2.05, 4.69) is 10.1 Å². The number of aromatic nitrogens is 2. The summed E-state index contributed by atoms with van der Waals surface area (Å²) in [6, 6.07) is 10.9. The van der Waals surface area contributed by atoms with Crippen molar-refractivity contribution in [3.8, 4) is 34.4 Å². The molecule has 4 rings (SSSR count). The van der Waals surface area contributed by atoms with Gasteiger partial charge in [0.1, 0.15) is 0 Å². The third kappa shape index (κ3) is 4.30. The molecule has 2 heterocycles. The minimum atomic E-state index is -0.179. The zero-order chi connectivity index (χ0) is 23.5. The highest BCUT2D eigenvalue weighted by Crippen LogP contribution is 2.37. The molecule has 0 spiro atoms. The van der Waals surface area contributed by atoms with Crippen LogP contribution in [0.25, 0.3) is 11.4 Å². The van der Waals surface area contributed by atoms with Gasteiger partial charge in [0.25, 0.3) is 0 Å². The van der Waals surface area contributed by atoms with Crippen LogP contribution in [-0.4, -0.2) is 55.9 Å². The first kappa shape index (κ1) is 22.4. The molecule has 3 aromatic rings. The average molecular weight is 453 g/mol. The first-order valence-electron chi connectivity index (χ1n) is 10.6. The molecule has 0 N–H and O–H groups in total. The van der Waals surface area contributed by atoms with E-state index in [0.29, 0.717) is 47.7 Å². The lowest BCUT2D eigenvalue weighted by Crippen LogP contribution is -2.28. The lowest BCUT2D eigenvalue weighted by molar-refractivity contribution is -0.129. The summed E-state index contributed by atoms with van der Waals surface area (Å²) < 4.78 is 26.9. The van der Waals surface area contributed by atoms with Gasteiger partial charge < -0.3 is 28.4 Å². The molecule has 33 heavy (non-hydrogen) atoms. The lowest BCUT2D eigenvalue weighted by atomic mass is 10.1. The minimum absolute atomic E-state index is 0.0353. The number of ether oxygens (including phenoxy) is 4. The maximum atomic E-state index is 12.8. The van der Waals surface area contributed by atoms with Gasteiger partial charge in [-0.3, -0.25) is 4.79 Å². The Morgan fingerprint density at radius 2 is 1.58 bits per heavy atom. The van der Waals surface area contributed by atoms with Crippen molar-refractivity contribution in [1.82, 2.24) is 15.0 Å². The highest BCUT2D eigenvalue weighted by molar-refractivity contribution is 5.80. The van der Waals surface area contributed by atoms with E-state index in [-0.39, 0.29) is 17.9 Å². The van der Waals surface area contributed by atoms with Crippen molar-refractivity contribution in [2.24, 2.45) is 0 Å². The van der Waals surface area contributed by atoms with Crippen LogP contribution in [0.2, 0.25) is 0 Å². The molecule has 2 aromatic carbocycles. The van der Waals surface area contributed by atoms with Crippen LogP contribution in [-0.2, 0) is 4.79 Å². The lowest BCUT2D eigenvalue weighted by Gasteiger charge is -2.25. The van der Waals surface area contributed by atoms with Gasteiger partial charge in [0, 0.05) is 18.5 Å². The van der Waals surface area contributed by atoms with Crippen LogP contribution in [0.4, 0.5) is 0 Å². The Hall–Kier alpha value is -3.75. The predicted octanol–water partition coefficient (Wildman–Crippen LogP) is 3.85. The predicted molar refractivity (Wildman–Crippen MR) is 120 cm³/mol. The van der Waals surface area contributed by atoms with Crippen molar-refractivity contribution in [2.45, 2.75) is 25.3 Å². The number of rotatable bonds is 8. The van der Waals surface area contributed by atoms with Gasteiger partial charge in [-0.1, -0.05) is 11.2 Å². The summed E-state index contributed by atoms with van der Waals surface area (Å²) in [5.41, 5.74) is 1.70. The molecule has 1 fully saturated rings. The van der Waals surface area contributed by atoms with Crippen LogP contribution >= 0.6 is 0 Å². The van der Waals surface area contributed by atoms with Crippen molar-refractivity contribution in [1.29, 1.82) is 0 Å². The second kappa shape index (κ2) is 9.40. The first-order chi connectivity index (χ1) is 16.0. The normalized spacial score (nSPS) is 16.6. The fourth-order valence-electron chi connectivity index (χ4n) is 4.06. The summed E-state index contributed by atoms with van der Waals surface area (Å²) in [6.45, 7) is 2.48. The van der Waals surface area contributed by atoms with Crippen LogP contribution in [0.3, 0.4) is 0 Å². The molecule has 0 saturated carbocycles. The van der Waals surface area contributed by atoms with Crippen molar-refractivity contribution in [2.75, 3.05) is 35.0 Å². The van der Waals surface area contributed by atoms with E-state index in [1.807, 2.05) is 36.1 Å². The van der Waals surface area contributed by atoms with E-state index in [4.69, 9.17) is 23.5 Å². The molecule has 2 unspecified atom stereocenters. The largest absolute Gasteiger partial charge is 0.493 e. The van der Waals surface area contributed by atoms with Crippen LogP contribution in [0.5, 0.6) is 23.0 Å². The number of hydrogen-bond acceptors (Lipinski definition) is 8.